The second-order valence-corrected chi connectivity index (χ2v) is 11.2. The molecule has 0 aliphatic heterocycles. The Kier molecular flexibility index (Phi) is 6.10. The lowest BCUT2D eigenvalue weighted by Gasteiger charge is -2.27. The van der Waals surface area contributed by atoms with Gasteiger partial charge in [0.25, 0.3) is 0 Å². The summed E-state index contributed by atoms with van der Waals surface area (Å²) in [4.78, 5) is 8.74. The van der Waals surface area contributed by atoms with E-state index < -0.39 is 15.6 Å². The maximum Gasteiger partial charge on any atom is 0.246 e. The molecule has 33 heavy (non-hydrogen) atoms. The summed E-state index contributed by atoms with van der Waals surface area (Å²) in [6.07, 6.45) is 4.44. The van der Waals surface area contributed by atoms with Gasteiger partial charge in [0.2, 0.25) is 21.9 Å². The number of anilines is 1. The maximum absolute atomic E-state index is 13.0. The van der Waals surface area contributed by atoms with Gasteiger partial charge in [0.05, 0.1) is 24.2 Å². The molecular weight excluding hydrogens is 442 g/mol. The molecule has 3 aromatic rings. The predicted octanol–water partition coefficient (Wildman–Crippen LogP) is 3.24. The van der Waals surface area contributed by atoms with Gasteiger partial charge in [0.15, 0.2) is 0 Å². The van der Waals surface area contributed by atoms with Gasteiger partial charge in [-0.05, 0) is 70.2 Å². The summed E-state index contributed by atoms with van der Waals surface area (Å²) in [6, 6.07) is 7.44. The van der Waals surface area contributed by atoms with Crippen LogP contribution in [0, 0.1) is 0 Å². The Morgan fingerprint density at radius 1 is 1.15 bits per heavy atom. The minimum Gasteiger partial charge on any atom is -0.480 e. The van der Waals surface area contributed by atoms with Gasteiger partial charge < -0.3 is 20.1 Å². The average molecular weight is 474 g/mol. The minimum atomic E-state index is -3.86. The van der Waals surface area contributed by atoms with Crippen LogP contribution in [0.15, 0.2) is 35.4 Å². The van der Waals surface area contributed by atoms with E-state index in [1.807, 2.05) is 22.8 Å². The van der Waals surface area contributed by atoms with E-state index in [0.29, 0.717) is 11.5 Å². The third-order valence-electron chi connectivity index (χ3n) is 5.82. The molecule has 4 rings (SSSR count). The Labute approximate surface area is 194 Å². The first-order valence-electron chi connectivity index (χ1n) is 11.0. The van der Waals surface area contributed by atoms with Crippen molar-refractivity contribution in [3.63, 3.8) is 0 Å². The lowest BCUT2D eigenvalue weighted by atomic mass is 9.93. The number of nitrogens with one attached hydrogen (secondary N) is 1. The lowest BCUT2D eigenvalue weighted by Crippen LogP contribution is -2.40. The molecule has 0 saturated heterocycles. The Morgan fingerprint density at radius 2 is 1.85 bits per heavy atom. The number of nitrogens with zero attached hydrogens (tertiary/aromatic N) is 3. The van der Waals surface area contributed by atoms with Crippen LogP contribution in [-0.4, -0.2) is 46.8 Å². The number of methoxy groups -OCH3 is 1. The number of sulfonamides is 1. The number of aliphatic hydroxyl groups excluding tert-OH is 1. The number of hydrogen-bond acceptors (Lipinski definition) is 7. The number of aromatic nitrogens is 3. The Morgan fingerprint density at radius 3 is 2.48 bits per heavy atom. The highest BCUT2D eigenvalue weighted by molar-refractivity contribution is 7.89. The maximum atomic E-state index is 13.0. The van der Waals surface area contributed by atoms with Gasteiger partial charge in [0.1, 0.15) is 4.90 Å². The van der Waals surface area contributed by atoms with Gasteiger partial charge in [-0.3, -0.25) is 0 Å². The lowest BCUT2D eigenvalue weighted by molar-refractivity contribution is 0.112. The zero-order chi connectivity index (χ0) is 24.0. The Bertz CT molecular complexity index is 1270. The van der Waals surface area contributed by atoms with Gasteiger partial charge in [-0.1, -0.05) is 6.07 Å². The van der Waals surface area contributed by atoms with Crippen LogP contribution in [0.5, 0.6) is 5.88 Å². The number of benzene rings is 1. The fourth-order valence-electron chi connectivity index (χ4n) is 4.39. The first-order valence-corrected chi connectivity index (χ1v) is 12.5. The number of rotatable bonds is 5. The van der Waals surface area contributed by atoms with Crippen LogP contribution < -0.4 is 15.2 Å². The number of aliphatic hydroxyl groups is 1. The Hall–Kier alpha value is -2.69. The molecule has 1 aromatic carbocycles. The number of ether oxygens (including phenoxy) is 1. The Balaban J connectivity index is 1.79. The normalized spacial score (nSPS) is 19.7. The highest BCUT2D eigenvalue weighted by Gasteiger charge is 2.27. The minimum absolute atomic E-state index is 0.0215. The van der Waals surface area contributed by atoms with Crippen molar-refractivity contribution in [2.45, 2.75) is 69.0 Å². The fraction of sp³-hybridized carbons (Fsp3) is 0.478. The van der Waals surface area contributed by atoms with Gasteiger partial charge in [0, 0.05) is 23.3 Å². The molecule has 1 aliphatic rings. The first-order chi connectivity index (χ1) is 15.5. The molecule has 0 atom stereocenters. The summed E-state index contributed by atoms with van der Waals surface area (Å²) < 4.78 is 36.0. The van der Waals surface area contributed by atoms with Crippen molar-refractivity contribution in [2.75, 3.05) is 12.8 Å². The number of nitrogens with two attached hydrogens (primary N) is 1. The predicted molar refractivity (Wildman–Crippen MR) is 128 cm³/mol. The van der Waals surface area contributed by atoms with Crippen molar-refractivity contribution >= 4 is 27.0 Å². The molecule has 9 nitrogen and oxygen atoms in total. The van der Waals surface area contributed by atoms with E-state index in [2.05, 4.69) is 14.7 Å². The topological polar surface area (TPSA) is 132 Å². The van der Waals surface area contributed by atoms with E-state index in [4.69, 9.17) is 10.5 Å². The molecule has 4 N–H and O–H groups in total. The summed E-state index contributed by atoms with van der Waals surface area (Å²) >= 11 is 0. The summed E-state index contributed by atoms with van der Waals surface area (Å²) in [5.41, 5.74) is 8.68. The van der Waals surface area contributed by atoms with Gasteiger partial charge >= 0.3 is 0 Å². The van der Waals surface area contributed by atoms with E-state index in [1.165, 1.54) is 7.11 Å². The number of hydrogen-bond donors (Lipinski definition) is 3. The monoisotopic (exact) mass is 473 g/mol. The second-order valence-electron chi connectivity index (χ2n) is 9.59. The van der Waals surface area contributed by atoms with Crippen LogP contribution >= 0.6 is 0 Å². The van der Waals surface area contributed by atoms with Crippen LogP contribution in [0.25, 0.3) is 22.2 Å². The van der Waals surface area contributed by atoms with Crippen molar-refractivity contribution in [3.05, 3.63) is 30.5 Å². The molecule has 0 amide bonds. The number of imidazole rings is 1. The average Bonchev–Trinajstić information content (AvgIpc) is 3.07. The molecule has 2 heterocycles. The number of pyridine rings is 1. The van der Waals surface area contributed by atoms with Crippen molar-refractivity contribution < 1.29 is 18.3 Å². The van der Waals surface area contributed by atoms with Crippen molar-refractivity contribution in [1.82, 2.24) is 19.3 Å². The fourth-order valence-corrected chi connectivity index (χ4v) is 5.95. The summed E-state index contributed by atoms with van der Waals surface area (Å²) in [6.45, 7) is 5.33. The quantitative estimate of drug-likeness (QED) is 0.518. The van der Waals surface area contributed by atoms with E-state index in [0.717, 1.165) is 42.3 Å². The highest BCUT2D eigenvalue weighted by Crippen LogP contribution is 2.36. The third kappa shape index (κ3) is 4.83. The van der Waals surface area contributed by atoms with Crippen molar-refractivity contribution in [3.8, 4) is 17.0 Å². The number of fused-ring (bicyclic) bond motifs is 1. The van der Waals surface area contributed by atoms with Crippen LogP contribution in [0.3, 0.4) is 0 Å². The zero-order valence-electron chi connectivity index (χ0n) is 19.4. The molecule has 0 spiro atoms. The smallest absolute Gasteiger partial charge is 0.246 e. The SMILES string of the molecule is COc1ncc(-c2ccc3nc(N)n([C@H]4CC[C@H](O)CC4)c3c2)cc1S(=O)(=O)NC(C)(C)C. The molecule has 0 bridgehead atoms. The zero-order valence-corrected chi connectivity index (χ0v) is 20.2. The van der Waals surface area contributed by atoms with Crippen LogP contribution in [0.1, 0.15) is 52.5 Å². The molecule has 1 aliphatic carbocycles. The largest absolute Gasteiger partial charge is 0.480 e. The summed E-state index contributed by atoms with van der Waals surface area (Å²) in [7, 11) is -2.46. The molecule has 178 valence electrons. The van der Waals surface area contributed by atoms with Gasteiger partial charge in [-0.15, -0.1) is 0 Å². The third-order valence-corrected chi connectivity index (χ3v) is 7.58. The molecule has 1 fully saturated rings. The van der Waals surface area contributed by atoms with Crippen LogP contribution in [0.4, 0.5) is 5.95 Å². The highest BCUT2D eigenvalue weighted by atomic mass is 32.2. The van der Waals surface area contributed by atoms with Gasteiger partial charge in [-0.2, -0.15) is 0 Å². The summed E-state index contributed by atoms with van der Waals surface area (Å²) in [5, 5.41) is 9.88. The molecule has 0 radical (unpaired) electrons. The second kappa shape index (κ2) is 8.58. The first kappa shape index (κ1) is 23.5. The molecule has 10 heteroatoms. The summed E-state index contributed by atoms with van der Waals surface area (Å²) in [5.74, 6) is 0.473. The molecule has 1 saturated carbocycles. The standard InChI is InChI=1S/C23H31N5O4S/c1-23(2,3)27-33(30,31)20-12-15(13-25-21(20)32-4)14-5-10-18-19(11-14)28(22(24)26-18)16-6-8-17(29)9-7-16/h5,10-13,16-17,27,29H,6-9H2,1-4H3,(H2,24,26)/t16-,17-. The van der Waals surface area contributed by atoms with E-state index in [9.17, 15) is 13.5 Å². The molecular formula is C23H31N5O4S. The van der Waals surface area contributed by atoms with E-state index in [1.54, 1.807) is 33.0 Å². The van der Waals surface area contributed by atoms with Crippen LogP contribution in [-0.2, 0) is 10.0 Å². The van der Waals surface area contributed by atoms with Crippen molar-refractivity contribution in [2.24, 2.45) is 0 Å². The van der Waals surface area contributed by atoms with Crippen molar-refractivity contribution in [1.29, 1.82) is 0 Å². The molecule has 0 unspecified atom stereocenters. The van der Waals surface area contributed by atoms with E-state index >= 15 is 0 Å². The van der Waals surface area contributed by atoms with E-state index in [-0.39, 0.29) is 22.9 Å². The van der Waals surface area contributed by atoms with Crippen LogP contribution in [0.2, 0.25) is 0 Å². The molecule has 2 aromatic heterocycles. The van der Waals surface area contributed by atoms with Gasteiger partial charge in [-0.25, -0.2) is 23.1 Å². The number of nitrogen functional groups attached to an aromatic ring is 1.